The fraction of sp³-hybridized carbons (Fsp3) is 0.333. The van der Waals surface area contributed by atoms with Gasteiger partial charge in [-0.2, -0.15) is 0 Å². The van der Waals surface area contributed by atoms with Crippen LogP contribution in [-0.4, -0.2) is 14.1 Å². The van der Waals surface area contributed by atoms with Crippen molar-refractivity contribution in [3.05, 3.63) is 29.8 Å². The van der Waals surface area contributed by atoms with Crippen molar-refractivity contribution in [3.63, 3.8) is 0 Å². The van der Waals surface area contributed by atoms with E-state index in [9.17, 15) is 12.9 Å². The average molecular weight is 242 g/mol. The molecule has 0 saturated carbocycles. The van der Waals surface area contributed by atoms with Crippen LogP contribution in [0.25, 0.3) is 0 Å². The molecule has 0 aliphatic carbocycles. The van der Waals surface area contributed by atoms with Crippen LogP contribution < -0.4 is 56.1 Å². The first-order chi connectivity index (χ1) is 6.51. The molecule has 0 N–H and O–H groups in total. The monoisotopic (exact) mass is 242 g/mol. The zero-order chi connectivity index (χ0) is 10.6. The van der Waals surface area contributed by atoms with Crippen molar-refractivity contribution in [2.75, 3.05) is 7.11 Å². The predicted molar refractivity (Wildman–Crippen MR) is 50.6 cm³/mol. The van der Waals surface area contributed by atoms with E-state index < -0.39 is 13.3 Å². The van der Waals surface area contributed by atoms with Gasteiger partial charge >= 0.3 is 58.4 Å². The van der Waals surface area contributed by atoms with Crippen molar-refractivity contribution in [2.24, 2.45) is 0 Å². The van der Waals surface area contributed by atoms with Gasteiger partial charge in [-0.15, -0.1) is 0 Å². The van der Waals surface area contributed by atoms with Gasteiger partial charge in [-0.25, -0.2) is 0 Å². The Hall–Kier alpha value is 0.511. The number of hydrogen-bond acceptors (Lipinski definition) is 1. The average Bonchev–Trinajstić information content (AvgIpc) is 2.14. The molecule has 0 unspecified atom stereocenters. The molecule has 0 spiro atoms. The van der Waals surface area contributed by atoms with Gasteiger partial charge in [0.15, 0.2) is 0 Å². The van der Waals surface area contributed by atoms with Gasteiger partial charge in [0.1, 0.15) is 5.75 Å². The first kappa shape index (κ1) is 15.5. The van der Waals surface area contributed by atoms with Crippen LogP contribution in [0.5, 0.6) is 5.75 Å². The maximum absolute atomic E-state index is 12.0. The summed E-state index contributed by atoms with van der Waals surface area (Å²) in [6, 6.07) is 6.70. The molecule has 0 fully saturated rings. The summed E-state index contributed by atoms with van der Waals surface area (Å²) >= 11 is 0. The van der Waals surface area contributed by atoms with Gasteiger partial charge < -0.3 is 17.7 Å². The van der Waals surface area contributed by atoms with E-state index in [0.29, 0.717) is 11.3 Å². The zero-order valence-corrected chi connectivity index (χ0v) is 12.0. The minimum atomic E-state index is -4.69. The SMILES string of the molecule is COc1cccc(CC[B-](F)(F)F)c1.[K+]. The van der Waals surface area contributed by atoms with Gasteiger partial charge in [-0.1, -0.05) is 24.9 Å². The second-order valence-electron chi connectivity index (χ2n) is 3.10. The van der Waals surface area contributed by atoms with E-state index in [4.69, 9.17) is 4.74 Å². The first-order valence-corrected chi connectivity index (χ1v) is 4.35. The van der Waals surface area contributed by atoms with E-state index in [-0.39, 0.29) is 57.8 Å². The molecule has 0 heterocycles. The summed E-state index contributed by atoms with van der Waals surface area (Å²) in [5.41, 5.74) is 0.656. The number of rotatable bonds is 4. The molecular weight excluding hydrogens is 231 g/mol. The molecular formula is C9H11BF3KO. The molecule has 78 valence electrons. The van der Waals surface area contributed by atoms with Crippen LogP contribution in [-0.2, 0) is 6.42 Å². The Labute approximate surface area is 130 Å². The van der Waals surface area contributed by atoms with E-state index in [0.717, 1.165) is 0 Å². The maximum atomic E-state index is 12.0. The van der Waals surface area contributed by atoms with E-state index in [2.05, 4.69) is 0 Å². The van der Waals surface area contributed by atoms with Crippen LogP contribution in [0.2, 0.25) is 6.32 Å². The van der Waals surface area contributed by atoms with Crippen LogP contribution in [0.15, 0.2) is 24.3 Å². The summed E-state index contributed by atoms with van der Waals surface area (Å²) < 4.78 is 40.8. The van der Waals surface area contributed by atoms with Gasteiger partial charge in [0.2, 0.25) is 0 Å². The van der Waals surface area contributed by atoms with Crippen LogP contribution >= 0.6 is 0 Å². The molecule has 0 aromatic heterocycles. The maximum Gasteiger partial charge on any atom is 1.00 e. The molecule has 1 nitrogen and oxygen atoms in total. The molecule has 0 saturated heterocycles. The molecule has 1 aromatic rings. The van der Waals surface area contributed by atoms with E-state index in [1.165, 1.54) is 7.11 Å². The zero-order valence-electron chi connectivity index (χ0n) is 8.84. The number of ether oxygens (including phenoxy) is 1. The van der Waals surface area contributed by atoms with Gasteiger partial charge in [-0.05, 0) is 17.7 Å². The molecule has 0 amide bonds. The fourth-order valence-electron chi connectivity index (χ4n) is 1.16. The van der Waals surface area contributed by atoms with E-state index in [1.807, 2.05) is 0 Å². The Balaban J connectivity index is 0.00000196. The van der Waals surface area contributed by atoms with Crippen molar-refractivity contribution >= 4 is 6.98 Å². The number of aryl methyl sites for hydroxylation is 1. The standard InChI is InChI=1S/C9H11BF3O.K/c1-14-9-4-2-3-8(7-9)5-6-10(11,12)13;/h2-4,7H,5-6H2,1H3;/q-1;+1. The van der Waals surface area contributed by atoms with E-state index >= 15 is 0 Å². The molecule has 0 atom stereocenters. The smallest absolute Gasteiger partial charge is 0.497 e. The van der Waals surface area contributed by atoms with Crippen LogP contribution in [0, 0.1) is 0 Å². The number of benzene rings is 1. The van der Waals surface area contributed by atoms with Crippen molar-refractivity contribution < 1.29 is 69.1 Å². The molecule has 0 aliphatic rings. The Morgan fingerprint density at radius 2 is 1.93 bits per heavy atom. The summed E-state index contributed by atoms with van der Waals surface area (Å²) in [6.07, 6.45) is -0.701. The van der Waals surface area contributed by atoms with Crippen molar-refractivity contribution in [1.82, 2.24) is 0 Å². The van der Waals surface area contributed by atoms with Crippen molar-refractivity contribution in [1.29, 1.82) is 0 Å². The molecule has 6 heteroatoms. The Morgan fingerprint density at radius 3 is 2.47 bits per heavy atom. The van der Waals surface area contributed by atoms with E-state index in [1.54, 1.807) is 24.3 Å². The number of halogens is 3. The topological polar surface area (TPSA) is 9.23 Å². The quantitative estimate of drug-likeness (QED) is 0.680. The fourth-order valence-corrected chi connectivity index (χ4v) is 1.16. The van der Waals surface area contributed by atoms with Gasteiger partial charge in [0.05, 0.1) is 7.11 Å². The Morgan fingerprint density at radius 1 is 1.27 bits per heavy atom. The molecule has 1 rings (SSSR count). The third-order valence-corrected chi connectivity index (χ3v) is 1.89. The molecule has 0 aliphatic heterocycles. The Kier molecular flexibility index (Phi) is 7.20. The molecule has 0 radical (unpaired) electrons. The second-order valence-corrected chi connectivity index (χ2v) is 3.10. The minimum absolute atomic E-state index is 0. The van der Waals surface area contributed by atoms with Crippen LogP contribution in [0.3, 0.4) is 0 Å². The minimum Gasteiger partial charge on any atom is -0.497 e. The molecule has 1 aromatic carbocycles. The Bertz CT molecular complexity index is 304. The predicted octanol–water partition coefficient (Wildman–Crippen LogP) is 0.0891. The third kappa shape index (κ3) is 6.63. The van der Waals surface area contributed by atoms with Gasteiger partial charge in [0.25, 0.3) is 0 Å². The van der Waals surface area contributed by atoms with Crippen molar-refractivity contribution in [2.45, 2.75) is 12.7 Å². The van der Waals surface area contributed by atoms with Crippen LogP contribution in [0.1, 0.15) is 5.56 Å². The second kappa shape index (κ2) is 6.96. The molecule has 0 bridgehead atoms. The number of methoxy groups -OCH3 is 1. The largest absolute Gasteiger partial charge is 1.00 e. The van der Waals surface area contributed by atoms with Crippen LogP contribution in [0.4, 0.5) is 12.9 Å². The summed E-state index contributed by atoms with van der Waals surface area (Å²) in [6.45, 7) is -4.69. The normalized spacial score (nSPS) is 10.7. The molecule has 15 heavy (non-hydrogen) atoms. The summed E-state index contributed by atoms with van der Waals surface area (Å²) in [5, 5.41) is 0. The first-order valence-electron chi connectivity index (χ1n) is 4.35. The third-order valence-electron chi connectivity index (χ3n) is 1.89. The summed E-state index contributed by atoms with van der Waals surface area (Å²) in [4.78, 5) is 0. The summed E-state index contributed by atoms with van der Waals surface area (Å²) in [7, 11) is 1.49. The van der Waals surface area contributed by atoms with Crippen molar-refractivity contribution in [3.8, 4) is 5.75 Å². The van der Waals surface area contributed by atoms with Gasteiger partial charge in [-0.3, -0.25) is 0 Å². The number of hydrogen-bond donors (Lipinski definition) is 0. The van der Waals surface area contributed by atoms with Gasteiger partial charge in [0, 0.05) is 0 Å². The summed E-state index contributed by atoms with van der Waals surface area (Å²) in [5.74, 6) is 0.595.